The normalized spacial score (nSPS) is 11.2. The monoisotopic (exact) mass is 292 g/mol. The summed E-state index contributed by atoms with van der Waals surface area (Å²) in [7, 11) is 4.08. The molecule has 5 heteroatoms. The van der Waals surface area contributed by atoms with Gasteiger partial charge in [0.15, 0.2) is 0 Å². The van der Waals surface area contributed by atoms with Crippen molar-refractivity contribution in [3.8, 4) is 0 Å². The van der Waals surface area contributed by atoms with Gasteiger partial charge in [-0.25, -0.2) is 4.98 Å². The number of nitrogen functional groups attached to an aromatic ring is 1. The molecule has 0 aromatic carbocycles. The molecule has 1 aromatic heterocycles. The lowest BCUT2D eigenvalue weighted by Gasteiger charge is -2.22. The van der Waals surface area contributed by atoms with Crippen molar-refractivity contribution >= 4 is 11.7 Å². The molecule has 0 aliphatic heterocycles. The highest BCUT2D eigenvalue weighted by atomic mass is 16.2. The van der Waals surface area contributed by atoms with Crippen molar-refractivity contribution in [3.63, 3.8) is 0 Å². The molecule has 0 bridgehead atoms. The van der Waals surface area contributed by atoms with E-state index >= 15 is 0 Å². The van der Waals surface area contributed by atoms with E-state index in [2.05, 4.69) is 9.88 Å². The van der Waals surface area contributed by atoms with E-state index in [4.69, 9.17) is 5.73 Å². The summed E-state index contributed by atoms with van der Waals surface area (Å²) in [6, 6.07) is 3.53. The predicted octanol–water partition coefficient (Wildman–Crippen LogP) is 2.20. The van der Waals surface area contributed by atoms with Gasteiger partial charge in [0.05, 0.1) is 0 Å². The van der Waals surface area contributed by atoms with Crippen molar-refractivity contribution in [2.24, 2.45) is 0 Å². The summed E-state index contributed by atoms with van der Waals surface area (Å²) in [6.45, 7) is 8.52. The second kappa shape index (κ2) is 7.98. The van der Waals surface area contributed by atoms with Crippen molar-refractivity contribution in [2.45, 2.75) is 33.1 Å². The average Bonchev–Trinajstić information content (AvgIpc) is 2.42. The van der Waals surface area contributed by atoms with Crippen LogP contribution < -0.4 is 5.73 Å². The van der Waals surface area contributed by atoms with Crippen LogP contribution >= 0.6 is 0 Å². The van der Waals surface area contributed by atoms with Crippen molar-refractivity contribution in [1.82, 2.24) is 14.8 Å². The Hall–Kier alpha value is -1.62. The summed E-state index contributed by atoms with van der Waals surface area (Å²) in [5, 5.41) is 0. The SMILES string of the molecule is CCN(CCCN(C)C)C(=O)c1cc(N)nc(C(C)C)c1. The molecule has 1 rings (SSSR count). The predicted molar refractivity (Wildman–Crippen MR) is 87.5 cm³/mol. The first-order valence-electron chi connectivity index (χ1n) is 7.56. The van der Waals surface area contributed by atoms with Crippen molar-refractivity contribution < 1.29 is 4.79 Å². The van der Waals surface area contributed by atoms with Crippen molar-refractivity contribution in [3.05, 3.63) is 23.4 Å². The quantitative estimate of drug-likeness (QED) is 0.837. The molecule has 0 atom stereocenters. The summed E-state index contributed by atoms with van der Waals surface area (Å²) in [5.41, 5.74) is 7.33. The lowest BCUT2D eigenvalue weighted by atomic mass is 10.1. The lowest BCUT2D eigenvalue weighted by Crippen LogP contribution is -2.33. The Balaban J connectivity index is 2.84. The van der Waals surface area contributed by atoms with E-state index in [0.29, 0.717) is 17.9 Å². The van der Waals surface area contributed by atoms with Crippen LogP contribution in [0.15, 0.2) is 12.1 Å². The third-order valence-electron chi connectivity index (χ3n) is 3.41. The molecule has 0 radical (unpaired) electrons. The number of carbonyl (C=O) groups is 1. The molecule has 1 aromatic rings. The Bertz CT molecular complexity index is 471. The maximum Gasteiger partial charge on any atom is 0.254 e. The largest absolute Gasteiger partial charge is 0.384 e. The summed E-state index contributed by atoms with van der Waals surface area (Å²) < 4.78 is 0. The van der Waals surface area contributed by atoms with E-state index < -0.39 is 0 Å². The van der Waals surface area contributed by atoms with Crippen LogP contribution in [0, 0.1) is 0 Å². The zero-order valence-corrected chi connectivity index (χ0v) is 13.9. The number of aromatic nitrogens is 1. The number of hydrogen-bond acceptors (Lipinski definition) is 4. The maximum atomic E-state index is 12.6. The molecule has 0 saturated heterocycles. The second-order valence-corrected chi connectivity index (χ2v) is 5.90. The first-order valence-corrected chi connectivity index (χ1v) is 7.56. The summed E-state index contributed by atoms with van der Waals surface area (Å²) in [6.07, 6.45) is 0.962. The summed E-state index contributed by atoms with van der Waals surface area (Å²) >= 11 is 0. The number of anilines is 1. The fraction of sp³-hybridized carbons (Fsp3) is 0.625. The van der Waals surface area contributed by atoms with Gasteiger partial charge in [0, 0.05) is 24.3 Å². The minimum Gasteiger partial charge on any atom is -0.384 e. The van der Waals surface area contributed by atoms with Gasteiger partial charge in [0.1, 0.15) is 5.82 Å². The van der Waals surface area contributed by atoms with Gasteiger partial charge in [-0.15, -0.1) is 0 Å². The molecule has 1 amide bonds. The average molecular weight is 292 g/mol. The van der Waals surface area contributed by atoms with Gasteiger partial charge in [0.2, 0.25) is 0 Å². The number of nitrogens with zero attached hydrogens (tertiary/aromatic N) is 3. The van der Waals surface area contributed by atoms with Crippen LogP contribution in [0.5, 0.6) is 0 Å². The minimum atomic E-state index is 0.0345. The van der Waals surface area contributed by atoms with Crippen LogP contribution in [-0.4, -0.2) is 54.4 Å². The maximum absolute atomic E-state index is 12.6. The van der Waals surface area contributed by atoms with Gasteiger partial charge in [-0.3, -0.25) is 4.79 Å². The zero-order valence-electron chi connectivity index (χ0n) is 13.9. The molecule has 5 nitrogen and oxygen atoms in total. The van der Waals surface area contributed by atoms with Crippen LogP contribution in [0.25, 0.3) is 0 Å². The molecule has 0 saturated carbocycles. The van der Waals surface area contributed by atoms with E-state index in [0.717, 1.165) is 25.2 Å². The van der Waals surface area contributed by atoms with Crippen LogP contribution in [-0.2, 0) is 0 Å². The number of pyridine rings is 1. The van der Waals surface area contributed by atoms with Gasteiger partial charge in [-0.2, -0.15) is 0 Å². The van der Waals surface area contributed by atoms with E-state index in [1.165, 1.54) is 0 Å². The molecular formula is C16H28N4O. The van der Waals surface area contributed by atoms with E-state index in [-0.39, 0.29) is 11.8 Å². The Morgan fingerprint density at radius 3 is 2.48 bits per heavy atom. The summed E-state index contributed by atoms with van der Waals surface area (Å²) in [4.78, 5) is 20.9. The number of carbonyl (C=O) groups excluding carboxylic acids is 1. The fourth-order valence-electron chi connectivity index (χ4n) is 2.16. The van der Waals surface area contributed by atoms with Crippen molar-refractivity contribution in [2.75, 3.05) is 39.5 Å². The molecule has 21 heavy (non-hydrogen) atoms. The molecule has 1 heterocycles. The molecule has 0 unspecified atom stereocenters. The van der Waals surface area contributed by atoms with Gasteiger partial charge < -0.3 is 15.5 Å². The topological polar surface area (TPSA) is 62.5 Å². The second-order valence-electron chi connectivity index (χ2n) is 5.90. The number of hydrogen-bond donors (Lipinski definition) is 1. The standard InChI is InChI=1S/C16H28N4O/c1-6-20(9-7-8-19(4)5)16(21)13-10-14(12(2)3)18-15(17)11-13/h10-12H,6-9H2,1-5H3,(H2,17,18). The van der Waals surface area contributed by atoms with E-state index in [9.17, 15) is 4.79 Å². The van der Waals surface area contributed by atoms with Gasteiger partial charge in [0.25, 0.3) is 5.91 Å². The van der Waals surface area contributed by atoms with Crippen LogP contribution in [0.2, 0.25) is 0 Å². The highest BCUT2D eigenvalue weighted by molar-refractivity contribution is 5.95. The third kappa shape index (κ3) is 5.34. The first-order chi connectivity index (χ1) is 9.85. The lowest BCUT2D eigenvalue weighted by molar-refractivity contribution is 0.0759. The van der Waals surface area contributed by atoms with Gasteiger partial charge in [-0.05, 0) is 52.0 Å². The number of nitrogens with two attached hydrogens (primary N) is 1. The smallest absolute Gasteiger partial charge is 0.254 e. The molecule has 2 N–H and O–H groups in total. The molecule has 0 aliphatic carbocycles. The Kier molecular flexibility index (Phi) is 6.62. The highest BCUT2D eigenvalue weighted by Crippen LogP contribution is 2.17. The zero-order chi connectivity index (χ0) is 16.0. The fourth-order valence-corrected chi connectivity index (χ4v) is 2.16. The third-order valence-corrected chi connectivity index (χ3v) is 3.41. The highest BCUT2D eigenvalue weighted by Gasteiger charge is 2.16. The summed E-state index contributed by atoms with van der Waals surface area (Å²) in [5.74, 6) is 0.699. The first kappa shape index (κ1) is 17.4. The molecular weight excluding hydrogens is 264 g/mol. The number of rotatable bonds is 7. The Labute approximate surface area is 128 Å². The molecule has 0 spiro atoms. The van der Waals surface area contributed by atoms with E-state index in [1.54, 1.807) is 6.07 Å². The van der Waals surface area contributed by atoms with Crippen LogP contribution in [0.1, 0.15) is 49.2 Å². The van der Waals surface area contributed by atoms with Crippen LogP contribution in [0.4, 0.5) is 5.82 Å². The van der Waals surface area contributed by atoms with Crippen molar-refractivity contribution in [1.29, 1.82) is 0 Å². The van der Waals surface area contributed by atoms with Gasteiger partial charge >= 0.3 is 0 Å². The Morgan fingerprint density at radius 1 is 1.29 bits per heavy atom. The molecule has 0 fully saturated rings. The Morgan fingerprint density at radius 2 is 1.95 bits per heavy atom. The molecule has 0 aliphatic rings. The van der Waals surface area contributed by atoms with E-state index in [1.807, 2.05) is 45.8 Å². The van der Waals surface area contributed by atoms with Gasteiger partial charge in [-0.1, -0.05) is 13.8 Å². The number of amides is 1. The molecule has 118 valence electrons. The minimum absolute atomic E-state index is 0.0345. The van der Waals surface area contributed by atoms with Crippen LogP contribution in [0.3, 0.4) is 0 Å².